The van der Waals surface area contributed by atoms with Gasteiger partial charge in [0.25, 0.3) is 0 Å². The van der Waals surface area contributed by atoms with Gasteiger partial charge in [-0.25, -0.2) is 0 Å². The Morgan fingerprint density at radius 3 is 1.22 bits per heavy atom. The predicted molar refractivity (Wildman–Crippen MR) is 249 cm³/mol. The van der Waals surface area contributed by atoms with E-state index in [0.29, 0.717) is 0 Å². The van der Waals surface area contributed by atoms with Crippen molar-refractivity contribution in [3.8, 4) is 33.4 Å². The molecule has 7 heteroatoms. The molecule has 0 heterocycles. The number of hydrogen-bond donors (Lipinski definition) is 0. The third-order valence-electron chi connectivity index (χ3n) is 11.7. The molecule has 2 aliphatic carbocycles. The van der Waals surface area contributed by atoms with E-state index < -0.39 is 21.3 Å². The van der Waals surface area contributed by atoms with Crippen molar-refractivity contribution in [2.24, 2.45) is 0 Å². The van der Waals surface area contributed by atoms with Crippen LogP contribution in [0.15, 0.2) is 143 Å². The maximum absolute atomic E-state index is 6.50. The van der Waals surface area contributed by atoms with E-state index >= 15 is 0 Å². The minimum Gasteiger partial charge on any atom is -1.00 e. The first-order valence-electron chi connectivity index (χ1n) is 20.1. The van der Waals surface area contributed by atoms with Crippen molar-refractivity contribution in [3.63, 3.8) is 0 Å². The summed E-state index contributed by atoms with van der Waals surface area (Å²) in [4.78, 5) is 0. The molecule has 6 aromatic rings. The van der Waals surface area contributed by atoms with Gasteiger partial charge in [-0.1, -0.05) is 0 Å². The second-order valence-corrected chi connectivity index (χ2v) is 26.4. The molecule has 0 aliphatic heterocycles. The Labute approximate surface area is 397 Å². The standard InChI is InChI=1S/C33H31Cl2.C15H12Cl2.C5H5.2ClH.Zr/c1-32(2,3)30-18-26-22(16-28(30)20-7-11-24(34)12-8-20)15-23-17-29(21-9-13-25(35)14-10-21)31(19-27(23)26)33(4,5)6;16-14-8-4-12(5-9-14)2-1-3-13-6-10-15(17)11-7-13;1-2-4-5-3-1;;;/h7-19H,1-6H3;4-11H,2-3H2;1-3H,4H2;2*1H;/q;;;;;+2/p-2. The van der Waals surface area contributed by atoms with Crippen molar-refractivity contribution in [3.05, 3.63) is 196 Å². The predicted octanol–water partition coefficient (Wildman–Crippen LogP) is 10.4. The van der Waals surface area contributed by atoms with Crippen LogP contribution >= 0.6 is 46.4 Å². The van der Waals surface area contributed by atoms with Crippen LogP contribution in [0.3, 0.4) is 0 Å². The third-order valence-corrected chi connectivity index (χ3v) is 21.0. The van der Waals surface area contributed by atoms with Gasteiger partial charge in [-0.3, -0.25) is 0 Å². The molecule has 0 aromatic heterocycles. The van der Waals surface area contributed by atoms with E-state index in [4.69, 9.17) is 46.4 Å². The van der Waals surface area contributed by atoms with Gasteiger partial charge in [0.1, 0.15) is 0 Å². The monoisotopic (exact) mass is 984 g/mol. The Hall–Kier alpha value is -2.71. The molecule has 0 unspecified atom stereocenters. The zero-order chi connectivity index (χ0) is 40.9. The van der Waals surface area contributed by atoms with Crippen LogP contribution in [-0.4, -0.2) is 3.21 Å². The Morgan fingerprint density at radius 1 is 0.517 bits per heavy atom. The first-order valence-corrected chi connectivity index (χ1v) is 25.5. The van der Waals surface area contributed by atoms with E-state index in [0.717, 1.165) is 39.4 Å². The fraction of sp³-hybridized carbons (Fsp3) is 0.226. The summed E-state index contributed by atoms with van der Waals surface area (Å²) < 4.78 is 3.53. The summed E-state index contributed by atoms with van der Waals surface area (Å²) in [6, 6.07) is 44.1. The van der Waals surface area contributed by atoms with E-state index in [1.807, 2.05) is 48.5 Å². The fourth-order valence-corrected chi connectivity index (χ4v) is 18.5. The van der Waals surface area contributed by atoms with Crippen LogP contribution in [0.4, 0.5) is 0 Å². The maximum atomic E-state index is 6.50. The quantitative estimate of drug-likeness (QED) is 0.143. The van der Waals surface area contributed by atoms with Crippen molar-refractivity contribution in [2.45, 2.75) is 75.3 Å². The molecule has 0 fully saturated rings. The molecule has 0 spiro atoms. The van der Waals surface area contributed by atoms with Crippen LogP contribution in [0.2, 0.25) is 20.1 Å². The summed E-state index contributed by atoms with van der Waals surface area (Å²) in [6.45, 7) is 14.0. The molecule has 0 N–H and O–H groups in total. The van der Waals surface area contributed by atoms with Crippen LogP contribution < -0.4 is 24.8 Å². The molecule has 2 aliphatic rings. The van der Waals surface area contributed by atoms with Gasteiger partial charge in [0.05, 0.1) is 0 Å². The molecule has 6 aromatic carbocycles. The first-order chi connectivity index (χ1) is 27.6. The Balaban J connectivity index is 0.00000302. The summed E-state index contributed by atoms with van der Waals surface area (Å²) in [5, 5.41) is 3.02. The molecule has 0 radical (unpaired) electrons. The molecular weight excluding hydrogens is 941 g/mol. The molecule has 0 saturated carbocycles. The molecule has 0 amide bonds. The molecule has 0 saturated heterocycles. The molecule has 0 nitrogen and oxygen atoms in total. The Kier molecular flexibility index (Phi) is 14.8. The second kappa shape index (κ2) is 19.0. The van der Waals surface area contributed by atoms with E-state index in [1.165, 1.54) is 66.8 Å². The van der Waals surface area contributed by atoms with Crippen LogP contribution in [0.1, 0.15) is 85.0 Å². The average molecular weight is 989 g/mol. The molecule has 60 heavy (non-hydrogen) atoms. The molecule has 0 bridgehead atoms. The van der Waals surface area contributed by atoms with Gasteiger partial charge in [-0.15, -0.1) is 0 Å². The minimum atomic E-state index is -2.94. The minimum absolute atomic E-state index is 0. The Bertz CT molecular complexity index is 2440. The molecule has 8 rings (SSSR count). The smallest absolute Gasteiger partial charge is 1.00 e. The van der Waals surface area contributed by atoms with Gasteiger partial charge in [0, 0.05) is 0 Å². The third kappa shape index (κ3) is 9.90. The zero-order valence-electron chi connectivity index (χ0n) is 34.7. The largest absolute Gasteiger partial charge is 1.00 e. The first kappa shape index (κ1) is 46.8. The summed E-state index contributed by atoms with van der Waals surface area (Å²) in [5.41, 5.74) is 15.7. The fourth-order valence-electron chi connectivity index (χ4n) is 8.85. The van der Waals surface area contributed by atoms with Gasteiger partial charge in [0.15, 0.2) is 0 Å². The van der Waals surface area contributed by atoms with Gasteiger partial charge in [0.2, 0.25) is 0 Å². The van der Waals surface area contributed by atoms with E-state index in [2.05, 4.69) is 133 Å². The van der Waals surface area contributed by atoms with Gasteiger partial charge < -0.3 is 24.8 Å². The number of allylic oxidation sites excluding steroid dienone is 4. The summed E-state index contributed by atoms with van der Waals surface area (Å²) >= 11 is 23.0. The number of halogens is 6. The van der Waals surface area contributed by atoms with Crippen molar-refractivity contribution >= 4 is 49.6 Å². The average Bonchev–Trinajstić information content (AvgIpc) is 3.82. The summed E-state index contributed by atoms with van der Waals surface area (Å²) in [6.07, 6.45) is 9.91. The summed E-state index contributed by atoms with van der Waals surface area (Å²) in [5.74, 6) is 0. The van der Waals surface area contributed by atoms with Crippen LogP contribution in [0, 0.1) is 0 Å². The molecule has 0 atom stereocenters. The van der Waals surface area contributed by atoms with E-state index in [-0.39, 0.29) is 39.3 Å². The van der Waals surface area contributed by atoms with Gasteiger partial charge in [-0.2, -0.15) is 0 Å². The molecule has 306 valence electrons. The van der Waals surface area contributed by atoms with Crippen molar-refractivity contribution in [1.82, 2.24) is 0 Å². The molecular formula is C53H48Cl6Zr. The normalized spacial score (nSPS) is 13.1. The van der Waals surface area contributed by atoms with Crippen LogP contribution in [-0.2, 0) is 44.9 Å². The Morgan fingerprint density at radius 2 is 0.883 bits per heavy atom. The number of hydrogen-bond acceptors (Lipinski definition) is 0. The van der Waals surface area contributed by atoms with Crippen LogP contribution in [0.5, 0.6) is 0 Å². The number of fused-ring (bicyclic) bond motifs is 3. The zero-order valence-corrected chi connectivity index (χ0v) is 41.7. The van der Waals surface area contributed by atoms with Crippen molar-refractivity contribution in [1.29, 1.82) is 0 Å². The SMILES string of the molecule is CC(C)(C)c1cc2c(cc1-c1ccc(Cl)cc1)[CH]([Zr+2]([C]1=CC=CC1)=[C](Cc1ccc(Cl)cc1)Cc1ccc(Cl)cc1)c1cc(-c3ccc(Cl)cc3)c(C(C)(C)C)cc1-2.[Cl-].[Cl-]. The number of benzene rings is 6. The topological polar surface area (TPSA) is 0 Å². The number of rotatable bonds is 8. The van der Waals surface area contributed by atoms with Crippen molar-refractivity contribution in [2.75, 3.05) is 0 Å². The van der Waals surface area contributed by atoms with E-state index in [9.17, 15) is 0 Å². The second-order valence-electron chi connectivity index (χ2n) is 17.9. The van der Waals surface area contributed by atoms with Crippen molar-refractivity contribution < 1.29 is 46.1 Å². The van der Waals surface area contributed by atoms with E-state index in [1.54, 1.807) is 6.49 Å². The maximum Gasteiger partial charge on any atom is -1.00 e. The summed E-state index contributed by atoms with van der Waals surface area (Å²) in [7, 11) is 0. The van der Waals surface area contributed by atoms with Crippen LogP contribution in [0.25, 0.3) is 33.4 Å². The van der Waals surface area contributed by atoms with Gasteiger partial charge in [-0.05, 0) is 0 Å². The van der Waals surface area contributed by atoms with Gasteiger partial charge >= 0.3 is 376 Å².